The van der Waals surface area contributed by atoms with Crippen molar-refractivity contribution in [3.8, 4) is 6.07 Å². The summed E-state index contributed by atoms with van der Waals surface area (Å²) in [6.45, 7) is 0. The van der Waals surface area contributed by atoms with Crippen molar-refractivity contribution < 1.29 is 9.18 Å². The monoisotopic (exact) mass is 184 g/mol. The second kappa shape index (κ2) is 3.28. The van der Waals surface area contributed by atoms with Gasteiger partial charge in [0, 0.05) is 6.20 Å². The van der Waals surface area contributed by atoms with Crippen LogP contribution in [0.5, 0.6) is 0 Å². The maximum atomic E-state index is 12.8. The number of rotatable bonds is 1. The maximum Gasteiger partial charge on any atom is 0.273 e. The summed E-state index contributed by atoms with van der Waals surface area (Å²) in [4.78, 5) is 13.8. The molecule has 0 unspecified atom stereocenters. The zero-order valence-corrected chi connectivity index (χ0v) is 6.47. The highest BCUT2D eigenvalue weighted by Gasteiger charge is 2.10. The van der Waals surface area contributed by atoms with Crippen LogP contribution in [0, 0.1) is 17.1 Å². The second-order valence-electron chi connectivity index (χ2n) is 1.94. The lowest BCUT2D eigenvalue weighted by atomic mass is 10.2. The molecule has 0 aliphatic carbocycles. The van der Waals surface area contributed by atoms with Gasteiger partial charge in [0.25, 0.3) is 5.24 Å². The zero-order chi connectivity index (χ0) is 9.14. The molecule has 5 heteroatoms. The van der Waals surface area contributed by atoms with Crippen molar-refractivity contribution in [3.05, 3.63) is 29.3 Å². The van der Waals surface area contributed by atoms with Crippen LogP contribution in [-0.2, 0) is 0 Å². The van der Waals surface area contributed by atoms with Gasteiger partial charge in [-0.3, -0.25) is 4.79 Å². The van der Waals surface area contributed by atoms with Crippen LogP contribution in [0.15, 0.2) is 12.3 Å². The van der Waals surface area contributed by atoms with Crippen molar-refractivity contribution in [1.29, 1.82) is 5.26 Å². The molecule has 60 valence electrons. The third-order valence-electron chi connectivity index (χ3n) is 1.16. The Hall–Kier alpha value is -1.47. The molecule has 0 aliphatic heterocycles. The lowest BCUT2D eigenvalue weighted by Crippen LogP contribution is -1.99. The summed E-state index contributed by atoms with van der Waals surface area (Å²) in [5.74, 6) is -0.881. The topological polar surface area (TPSA) is 53.8 Å². The first-order valence-corrected chi connectivity index (χ1v) is 3.28. The molecule has 0 N–H and O–H groups in total. The van der Waals surface area contributed by atoms with Crippen molar-refractivity contribution in [2.45, 2.75) is 0 Å². The molecule has 0 amide bonds. The number of aromatic nitrogens is 1. The van der Waals surface area contributed by atoms with Crippen LogP contribution in [0.3, 0.4) is 0 Å². The lowest BCUT2D eigenvalue weighted by Gasteiger charge is -1.94. The molecule has 1 heterocycles. The fourth-order valence-corrected chi connectivity index (χ4v) is 0.783. The molecule has 0 spiro atoms. The summed E-state index contributed by atoms with van der Waals surface area (Å²) in [6, 6.07) is 2.58. The number of nitrogens with zero attached hydrogens (tertiary/aromatic N) is 2. The molecule has 1 aromatic rings. The van der Waals surface area contributed by atoms with E-state index in [1.54, 1.807) is 6.07 Å². The minimum absolute atomic E-state index is 0.0502. The second-order valence-corrected chi connectivity index (χ2v) is 2.28. The molecule has 3 nitrogen and oxygen atoms in total. The highest BCUT2D eigenvalue weighted by atomic mass is 35.5. The standard InChI is InChI=1S/C7H2ClFN2O/c8-7(12)6-5(9)1-4(2-10)3-11-6/h1,3H. The molecule has 0 bridgehead atoms. The van der Waals surface area contributed by atoms with Gasteiger partial charge < -0.3 is 0 Å². The Kier molecular flexibility index (Phi) is 2.36. The van der Waals surface area contributed by atoms with E-state index in [9.17, 15) is 9.18 Å². The molecular weight excluding hydrogens is 183 g/mol. The average Bonchev–Trinajstić information content (AvgIpc) is 2.03. The van der Waals surface area contributed by atoms with E-state index < -0.39 is 16.8 Å². The number of halogens is 2. The summed E-state index contributed by atoms with van der Waals surface area (Å²) < 4.78 is 12.8. The van der Waals surface area contributed by atoms with Crippen LogP contribution in [0.2, 0.25) is 0 Å². The maximum absolute atomic E-state index is 12.8. The molecule has 0 aliphatic rings. The van der Waals surface area contributed by atoms with Gasteiger partial charge in [0.15, 0.2) is 11.5 Å². The molecule has 0 fully saturated rings. The molecule has 12 heavy (non-hydrogen) atoms. The highest BCUT2D eigenvalue weighted by molar-refractivity contribution is 6.67. The molecule has 0 saturated heterocycles. The van der Waals surface area contributed by atoms with E-state index in [1.807, 2.05) is 0 Å². The van der Waals surface area contributed by atoms with Gasteiger partial charge in [0.05, 0.1) is 5.56 Å². The summed E-state index contributed by atoms with van der Waals surface area (Å²) in [7, 11) is 0. The SMILES string of the molecule is N#Cc1cnc(C(=O)Cl)c(F)c1. The van der Waals surface area contributed by atoms with Crippen molar-refractivity contribution in [2.75, 3.05) is 0 Å². The van der Waals surface area contributed by atoms with Crippen molar-refractivity contribution in [2.24, 2.45) is 0 Å². The van der Waals surface area contributed by atoms with Gasteiger partial charge in [0.1, 0.15) is 6.07 Å². The fourth-order valence-electron chi connectivity index (χ4n) is 0.644. The minimum Gasteiger partial charge on any atom is -0.274 e. The van der Waals surface area contributed by atoms with E-state index in [-0.39, 0.29) is 5.56 Å². The Morgan fingerprint density at radius 3 is 2.83 bits per heavy atom. The first-order chi connectivity index (χ1) is 5.65. The van der Waals surface area contributed by atoms with E-state index in [2.05, 4.69) is 4.98 Å². The first-order valence-electron chi connectivity index (χ1n) is 2.90. The largest absolute Gasteiger partial charge is 0.274 e. The quantitative estimate of drug-likeness (QED) is 0.621. The van der Waals surface area contributed by atoms with Crippen LogP contribution < -0.4 is 0 Å². The van der Waals surface area contributed by atoms with E-state index in [0.717, 1.165) is 12.3 Å². The van der Waals surface area contributed by atoms with Crippen LogP contribution in [-0.4, -0.2) is 10.2 Å². The average molecular weight is 185 g/mol. The summed E-state index contributed by atoms with van der Waals surface area (Å²) >= 11 is 4.98. The molecule has 1 aromatic heterocycles. The van der Waals surface area contributed by atoms with E-state index in [0.29, 0.717) is 0 Å². The van der Waals surface area contributed by atoms with Gasteiger partial charge in [-0.25, -0.2) is 9.37 Å². The fraction of sp³-hybridized carbons (Fsp3) is 0. The van der Waals surface area contributed by atoms with E-state index in [1.165, 1.54) is 0 Å². The van der Waals surface area contributed by atoms with Crippen LogP contribution >= 0.6 is 11.6 Å². The van der Waals surface area contributed by atoms with Gasteiger partial charge in [-0.2, -0.15) is 5.26 Å². The normalized spacial score (nSPS) is 9.08. The van der Waals surface area contributed by atoms with Gasteiger partial charge in [-0.05, 0) is 17.7 Å². The summed E-state index contributed by atoms with van der Waals surface area (Å²) in [6.07, 6.45) is 1.08. The van der Waals surface area contributed by atoms with E-state index in [4.69, 9.17) is 16.9 Å². The van der Waals surface area contributed by atoms with Crippen molar-refractivity contribution in [3.63, 3.8) is 0 Å². The molecule has 0 saturated carbocycles. The van der Waals surface area contributed by atoms with Gasteiger partial charge in [0.2, 0.25) is 0 Å². The zero-order valence-electron chi connectivity index (χ0n) is 5.71. The third-order valence-corrected chi connectivity index (χ3v) is 1.34. The lowest BCUT2D eigenvalue weighted by molar-refractivity contribution is 0.107. The highest BCUT2D eigenvalue weighted by Crippen LogP contribution is 2.08. The Bertz CT molecular complexity index is 372. The van der Waals surface area contributed by atoms with Crippen molar-refractivity contribution >= 4 is 16.8 Å². The van der Waals surface area contributed by atoms with Crippen LogP contribution in [0.25, 0.3) is 0 Å². The number of nitriles is 1. The Labute approximate surface area is 72.4 Å². The predicted octanol–water partition coefficient (Wildman–Crippen LogP) is 1.47. The first kappa shape index (κ1) is 8.62. The van der Waals surface area contributed by atoms with Crippen LogP contribution in [0.4, 0.5) is 4.39 Å². The number of hydrogen-bond donors (Lipinski definition) is 0. The molecular formula is C7H2ClFN2O. The van der Waals surface area contributed by atoms with Gasteiger partial charge >= 0.3 is 0 Å². The Morgan fingerprint density at radius 2 is 2.42 bits per heavy atom. The Balaban J connectivity index is 3.23. The van der Waals surface area contributed by atoms with Gasteiger partial charge in [-0.15, -0.1) is 0 Å². The number of pyridine rings is 1. The summed E-state index contributed by atoms with van der Waals surface area (Å²) in [5, 5.41) is 7.34. The number of hydrogen-bond acceptors (Lipinski definition) is 3. The van der Waals surface area contributed by atoms with E-state index >= 15 is 0 Å². The Morgan fingerprint density at radius 1 is 1.75 bits per heavy atom. The van der Waals surface area contributed by atoms with Crippen LogP contribution in [0.1, 0.15) is 16.1 Å². The molecule has 1 rings (SSSR count). The van der Waals surface area contributed by atoms with Gasteiger partial charge in [-0.1, -0.05) is 0 Å². The molecule has 0 atom stereocenters. The summed E-state index contributed by atoms with van der Waals surface area (Å²) in [5.41, 5.74) is -0.412. The smallest absolute Gasteiger partial charge is 0.273 e. The third kappa shape index (κ3) is 1.57. The number of carbonyl (C=O) groups excluding carboxylic acids is 1. The minimum atomic E-state index is -0.975. The van der Waals surface area contributed by atoms with Crippen molar-refractivity contribution in [1.82, 2.24) is 4.98 Å². The molecule has 0 radical (unpaired) electrons. The predicted molar refractivity (Wildman–Crippen MR) is 39.1 cm³/mol. The molecule has 0 aromatic carbocycles. The number of carbonyl (C=O) groups is 1.